The van der Waals surface area contributed by atoms with Gasteiger partial charge in [-0.2, -0.15) is 0 Å². The van der Waals surface area contributed by atoms with E-state index in [1.165, 1.54) is 0 Å². The summed E-state index contributed by atoms with van der Waals surface area (Å²) in [6.45, 7) is 5.87. The van der Waals surface area contributed by atoms with Crippen molar-refractivity contribution in [2.45, 2.75) is 26.9 Å². The van der Waals surface area contributed by atoms with E-state index in [1.54, 1.807) is 6.07 Å². The van der Waals surface area contributed by atoms with Crippen molar-refractivity contribution in [1.82, 2.24) is 5.32 Å². The van der Waals surface area contributed by atoms with E-state index in [9.17, 15) is 13.2 Å². The van der Waals surface area contributed by atoms with E-state index in [2.05, 4.69) is 5.32 Å². The number of anilines is 1. The van der Waals surface area contributed by atoms with Gasteiger partial charge in [-0.3, -0.25) is 9.10 Å². The van der Waals surface area contributed by atoms with Crippen LogP contribution in [-0.2, 0) is 14.8 Å². The van der Waals surface area contributed by atoms with Gasteiger partial charge in [-0.25, -0.2) is 8.42 Å². The second-order valence-corrected chi connectivity index (χ2v) is 9.23. The number of carbonyl (C=O) groups excluding carboxylic acids is 1. The molecule has 1 aliphatic heterocycles. The maximum Gasteiger partial charge on any atom is 0.240 e. The minimum absolute atomic E-state index is 0.219. The summed E-state index contributed by atoms with van der Waals surface area (Å²) in [5, 5.41) is 2.76. The number of hydrogen-bond donors (Lipinski definition) is 1. The van der Waals surface area contributed by atoms with Crippen LogP contribution in [0.4, 0.5) is 5.69 Å². The lowest BCUT2D eigenvalue weighted by Crippen LogP contribution is -2.45. The molecule has 3 rings (SSSR count). The first-order valence-electron chi connectivity index (χ1n) is 9.36. The van der Waals surface area contributed by atoms with Crippen LogP contribution >= 0.6 is 0 Å². The van der Waals surface area contributed by atoms with Crippen LogP contribution in [0.15, 0.2) is 36.4 Å². The number of hydrogen-bond acceptors (Lipinski definition) is 5. The number of sulfonamides is 1. The number of nitrogens with one attached hydrogen (secondary N) is 1. The molecule has 0 fully saturated rings. The van der Waals surface area contributed by atoms with E-state index in [1.807, 2.05) is 51.1 Å². The van der Waals surface area contributed by atoms with Crippen molar-refractivity contribution in [3.05, 3.63) is 53.1 Å². The summed E-state index contributed by atoms with van der Waals surface area (Å²) in [5.74, 6) is 0.891. The van der Waals surface area contributed by atoms with Crippen molar-refractivity contribution >= 4 is 21.6 Å². The van der Waals surface area contributed by atoms with E-state index in [4.69, 9.17) is 9.47 Å². The molecule has 0 bridgehead atoms. The number of aryl methyl sites for hydroxylation is 3. The van der Waals surface area contributed by atoms with Gasteiger partial charge in [0.2, 0.25) is 15.9 Å². The molecular formula is C21H26N2O5S. The van der Waals surface area contributed by atoms with Crippen molar-refractivity contribution < 1.29 is 22.7 Å². The largest absolute Gasteiger partial charge is 0.486 e. The molecule has 7 nitrogen and oxygen atoms in total. The van der Waals surface area contributed by atoms with E-state index >= 15 is 0 Å². The van der Waals surface area contributed by atoms with Gasteiger partial charge < -0.3 is 14.8 Å². The molecule has 156 valence electrons. The molecule has 1 heterocycles. The number of para-hydroxylation sites is 2. The molecule has 0 spiro atoms. The number of rotatable bonds is 6. The zero-order valence-electron chi connectivity index (χ0n) is 17.1. The zero-order valence-corrected chi connectivity index (χ0v) is 17.9. The van der Waals surface area contributed by atoms with Gasteiger partial charge in [-0.05, 0) is 44.0 Å². The van der Waals surface area contributed by atoms with Crippen LogP contribution in [0.5, 0.6) is 11.5 Å². The average Bonchev–Trinajstić information content (AvgIpc) is 2.64. The molecule has 2 aromatic carbocycles. The summed E-state index contributed by atoms with van der Waals surface area (Å²) >= 11 is 0. The van der Waals surface area contributed by atoms with E-state index in [0.717, 1.165) is 27.3 Å². The minimum Gasteiger partial charge on any atom is -0.486 e. The predicted molar refractivity (Wildman–Crippen MR) is 112 cm³/mol. The number of fused-ring (bicyclic) bond motifs is 1. The Kier molecular flexibility index (Phi) is 6.02. The molecule has 0 saturated carbocycles. The Balaban J connectivity index is 1.68. The smallest absolute Gasteiger partial charge is 0.240 e. The lowest BCUT2D eigenvalue weighted by atomic mass is 10.1. The van der Waals surface area contributed by atoms with Crippen LogP contribution in [0.3, 0.4) is 0 Å². The molecule has 0 saturated heterocycles. The van der Waals surface area contributed by atoms with E-state index in [0.29, 0.717) is 23.8 Å². The summed E-state index contributed by atoms with van der Waals surface area (Å²) in [5.41, 5.74) is 3.19. The fraction of sp³-hybridized carbons (Fsp3) is 0.381. The maximum atomic E-state index is 12.5. The molecule has 0 unspecified atom stereocenters. The Bertz CT molecular complexity index is 996. The SMILES string of the molecule is Cc1cc(C)c(N(CC(=O)NC[C@H]2COc3ccccc3O2)S(C)(=O)=O)c(C)c1. The third-order valence-electron chi connectivity index (χ3n) is 4.67. The van der Waals surface area contributed by atoms with Crippen LogP contribution in [0.2, 0.25) is 0 Å². The molecule has 1 atom stereocenters. The summed E-state index contributed by atoms with van der Waals surface area (Å²) < 4.78 is 37.4. The van der Waals surface area contributed by atoms with Gasteiger partial charge in [-0.15, -0.1) is 0 Å². The van der Waals surface area contributed by atoms with Crippen LogP contribution < -0.4 is 19.1 Å². The van der Waals surface area contributed by atoms with Crippen molar-refractivity contribution in [3.63, 3.8) is 0 Å². The second-order valence-electron chi connectivity index (χ2n) is 7.32. The summed E-state index contributed by atoms with van der Waals surface area (Å²) in [7, 11) is -3.64. The monoisotopic (exact) mass is 418 g/mol. The third kappa shape index (κ3) is 5.00. The summed E-state index contributed by atoms with van der Waals surface area (Å²) in [6.07, 6.45) is 0.761. The predicted octanol–water partition coefficient (Wildman–Crippen LogP) is 2.33. The van der Waals surface area contributed by atoms with Crippen LogP contribution in [0.1, 0.15) is 16.7 Å². The van der Waals surface area contributed by atoms with Gasteiger partial charge in [0.25, 0.3) is 0 Å². The topological polar surface area (TPSA) is 84.9 Å². The van der Waals surface area contributed by atoms with E-state index < -0.39 is 15.9 Å². The summed E-state index contributed by atoms with van der Waals surface area (Å²) in [6, 6.07) is 11.1. The molecule has 29 heavy (non-hydrogen) atoms. The lowest BCUT2D eigenvalue weighted by molar-refractivity contribution is -0.120. The molecule has 1 aliphatic rings. The highest BCUT2D eigenvalue weighted by molar-refractivity contribution is 7.92. The normalized spacial score (nSPS) is 15.7. The van der Waals surface area contributed by atoms with Crippen molar-refractivity contribution in [2.75, 3.05) is 30.3 Å². The number of benzene rings is 2. The van der Waals surface area contributed by atoms with Crippen LogP contribution in [0, 0.1) is 20.8 Å². The summed E-state index contributed by atoms with van der Waals surface area (Å²) in [4.78, 5) is 12.5. The molecular weight excluding hydrogens is 392 g/mol. The first-order valence-corrected chi connectivity index (χ1v) is 11.2. The Hall–Kier alpha value is -2.74. The molecule has 0 aliphatic carbocycles. The third-order valence-corrected chi connectivity index (χ3v) is 5.78. The Labute approximate surface area is 171 Å². The Morgan fingerprint density at radius 3 is 2.38 bits per heavy atom. The molecule has 8 heteroatoms. The standard InChI is InChI=1S/C21H26N2O5S/c1-14-9-15(2)21(16(3)10-14)23(29(4,25)26)12-20(24)22-11-17-13-27-18-7-5-6-8-19(18)28-17/h5-10,17H,11-13H2,1-4H3,(H,22,24)/t17-/m0/s1. The highest BCUT2D eigenvalue weighted by Crippen LogP contribution is 2.31. The number of carbonyl (C=O) groups is 1. The highest BCUT2D eigenvalue weighted by atomic mass is 32.2. The minimum atomic E-state index is -3.64. The fourth-order valence-electron chi connectivity index (χ4n) is 3.51. The molecule has 1 N–H and O–H groups in total. The zero-order chi connectivity index (χ0) is 21.2. The van der Waals surface area contributed by atoms with Crippen LogP contribution in [-0.4, -0.2) is 46.4 Å². The quantitative estimate of drug-likeness (QED) is 0.778. The first kappa shape index (κ1) is 21.0. The van der Waals surface area contributed by atoms with Crippen molar-refractivity contribution in [1.29, 1.82) is 0 Å². The van der Waals surface area contributed by atoms with Crippen molar-refractivity contribution in [2.24, 2.45) is 0 Å². The lowest BCUT2D eigenvalue weighted by Gasteiger charge is -2.28. The molecule has 2 aromatic rings. The fourth-order valence-corrected chi connectivity index (χ4v) is 4.48. The van der Waals surface area contributed by atoms with Gasteiger partial charge in [0.15, 0.2) is 11.5 Å². The van der Waals surface area contributed by atoms with Crippen LogP contribution in [0.25, 0.3) is 0 Å². The highest BCUT2D eigenvalue weighted by Gasteiger charge is 2.26. The maximum absolute atomic E-state index is 12.5. The number of amides is 1. The van der Waals surface area contributed by atoms with Crippen molar-refractivity contribution in [3.8, 4) is 11.5 Å². The molecule has 0 aromatic heterocycles. The number of ether oxygens (including phenoxy) is 2. The average molecular weight is 419 g/mol. The molecule has 1 amide bonds. The number of nitrogens with zero attached hydrogens (tertiary/aromatic N) is 1. The van der Waals surface area contributed by atoms with Gasteiger partial charge in [0, 0.05) is 0 Å². The van der Waals surface area contributed by atoms with Gasteiger partial charge >= 0.3 is 0 Å². The van der Waals surface area contributed by atoms with Gasteiger partial charge in [0.05, 0.1) is 18.5 Å². The second kappa shape index (κ2) is 8.32. The molecule has 0 radical (unpaired) electrons. The van der Waals surface area contributed by atoms with Gasteiger partial charge in [-0.1, -0.05) is 29.8 Å². The van der Waals surface area contributed by atoms with E-state index in [-0.39, 0.29) is 19.2 Å². The van der Waals surface area contributed by atoms with Gasteiger partial charge in [0.1, 0.15) is 19.3 Å². The Morgan fingerprint density at radius 2 is 1.76 bits per heavy atom. The first-order chi connectivity index (χ1) is 13.6. The Morgan fingerprint density at radius 1 is 1.14 bits per heavy atom.